The van der Waals surface area contributed by atoms with Crippen molar-refractivity contribution in [3.63, 3.8) is 0 Å². The Labute approximate surface area is 242 Å². The summed E-state index contributed by atoms with van der Waals surface area (Å²) in [6.45, 7) is 2.30. The van der Waals surface area contributed by atoms with Gasteiger partial charge in [-0.3, -0.25) is 24.3 Å². The van der Waals surface area contributed by atoms with Crippen LogP contribution in [0.5, 0.6) is 0 Å². The summed E-state index contributed by atoms with van der Waals surface area (Å²) in [5.74, 6) is -0.164. The summed E-state index contributed by atoms with van der Waals surface area (Å²) in [7, 11) is 0. The fraction of sp³-hybridized carbons (Fsp3) is 0.467. The van der Waals surface area contributed by atoms with Crippen molar-refractivity contribution in [3.05, 3.63) is 45.9 Å². The summed E-state index contributed by atoms with van der Waals surface area (Å²) in [4.78, 5) is 42.5. The molecule has 2 aromatic heterocycles. The molecule has 4 aliphatic rings. The summed E-state index contributed by atoms with van der Waals surface area (Å²) < 4.78 is 1.09. The number of fused-ring (bicyclic) bond motifs is 2. The van der Waals surface area contributed by atoms with Gasteiger partial charge < -0.3 is 15.3 Å². The number of likely N-dealkylation sites (tertiary alicyclic amines) is 1. The number of halogens is 1. The summed E-state index contributed by atoms with van der Waals surface area (Å²) in [6, 6.07) is 8.95. The van der Waals surface area contributed by atoms with Crippen LogP contribution in [-0.2, 0) is 27.3 Å². The zero-order chi connectivity index (χ0) is 27.9. The standard InChI is InChI=1S/C29H31ClN4O2S.CH2O2/c30-19-13-18-3-1-12-33(20-6-9-29(16-20)8-2-10-32-29)27(18)23(14-19)22-7-11-31-24-15-21(37-28(22)24)17-34-25(35)4-5-26(34)36;2-1-3/h7,11,13-15,20,32H,1-6,8-10,12,16-17H2;1H,(H,2,3)/t20-,29+;/m1./s1. The number of rotatable bonds is 4. The predicted molar refractivity (Wildman–Crippen MR) is 157 cm³/mol. The number of benzene rings is 1. The molecule has 3 fully saturated rings. The van der Waals surface area contributed by atoms with Crippen LogP contribution in [0.3, 0.4) is 0 Å². The number of pyridine rings is 1. The SMILES string of the molecule is O=C1CCC(=O)N1Cc1cc2nccc(-c3cc(Cl)cc4c3N([C@@H]3CC[C@@]5(CCCN5)C3)CCC4)c2s1.O=CO. The van der Waals surface area contributed by atoms with E-state index in [0.29, 0.717) is 31.0 Å². The summed E-state index contributed by atoms with van der Waals surface area (Å²) in [5, 5.41) is 11.5. The average molecular weight is 581 g/mol. The van der Waals surface area contributed by atoms with Gasteiger partial charge in [-0.25, -0.2) is 0 Å². The molecule has 210 valence electrons. The van der Waals surface area contributed by atoms with Gasteiger partial charge in [0.25, 0.3) is 6.47 Å². The normalized spacial score (nSPS) is 24.1. The number of carbonyl (C=O) groups is 3. The first-order valence-corrected chi connectivity index (χ1v) is 15.2. The topological polar surface area (TPSA) is 103 Å². The van der Waals surface area contributed by atoms with E-state index in [2.05, 4.69) is 33.4 Å². The highest BCUT2D eigenvalue weighted by Gasteiger charge is 2.44. The predicted octanol–water partition coefficient (Wildman–Crippen LogP) is 5.39. The highest BCUT2D eigenvalue weighted by atomic mass is 35.5. The minimum Gasteiger partial charge on any atom is -0.483 e. The molecule has 1 aliphatic carbocycles. The van der Waals surface area contributed by atoms with Crippen LogP contribution in [0.4, 0.5) is 5.69 Å². The number of thiophene rings is 1. The maximum Gasteiger partial charge on any atom is 0.290 e. The number of imide groups is 1. The van der Waals surface area contributed by atoms with E-state index >= 15 is 0 Å². The van der Waals surface area contributed by atoms with E-state index in [1.165, 1.54) is 53.8 Å². The van der Waals surface area contributed by atoms with Gasteiger partial charge in [-0.2, -0.15) is 0 Å². The van der Waals surface area contributed by atoms with Crippen molar-refractivity contribution in [2.24, 2.45) is 0 Å². The molecule has 2 atom stereocenters. The molecule has 3 aromatic rings. The second-order valence-electron chi connectivity index (χ2n) is 11.2. The van der Waals surface area contributed by atoms with Crippen molar-refractivity contribution in [2.45, 2.75) is 75.9 Å². The molecule has 5 heterocycles. The number of hydrogen-bond donors (Lipinski definition) is 2. The Bertz CT molecular complexity index is 1450. The Morgan fingerprint density at radius 1 is 1.12 bits per heavy atom. The van der Waals surface area contributed by atoms with Crippen LogP contribution in [0.15, 0.2) is 30.5 Å². The first kappa shape index (κ1) is 27.2. The van der Waals surface area contributed by atoms with Gasteiger partial charge in [0.2, 0.25) is 11.8 Å². The molecule has 0 radical (unpaired) electrons. The number of nitrogens with one attached hydrogen (secondary N) is 1. The zero-order valence-electron chi connectivity index (χ0n) is 22.3. The lowest BCUT2D eigenvalue weighted by Crippen LogP contribution is -2.42. The van der Waals surface area contributed by atoms with Crippen LogP contribution in [0.1, 0.15) is 61.8 Å². The number of aryl methyl sites for hydroxylation is 1. The number of carboxylic acid groups (broad SMARTS) is 1. The highest BCUT2D eigenvalue weighted by Crippen LogP contribution is 2.47. The maximum atomic E-state index is 12.2. The molecular formula is C30H33ClN4O4S. The second-order valence-corrected chi connectivity index (χ2v) is 12.8. The Morgan fingerprint density at radius 3 is 2.67 bits per heavy atom. The third-order valence-electron chi connectivity index (χ3n) is 8.86. The molecule has 2 saturated heterocycles. The minimum absolute atomic E-state index is 0.0821. The van der Waals surface area contributed by atoms with Gasteiger partial charge >= 0.3 is 0 Å². The van der Waals surface area contributed by atoms with Crippen LogP contribution in [0.25, 0.3) is 21.3 Å². The van der Waals surface area contributed by atoms with Crippen molar-refractivity contribution in [3.8, 4) is 11.1 Å². The Kier molecular flexibility index (Phi) is 7.54. The molecule has 1 saturated carbocycles. The first-order valence-electron chi connectivity index (χ1n) is 14.0. The molecule has 2 N–H and O–H groups in total. The van der Waals surface area contributed by atoms with Gasteiger partial charge in [-0.15, -0.1) is 11.3 Å². The number of carbonyl (C=O) groups excluding carboxylic acids is 2. The zero-order valence-corrected chi connectivity index (χ0v) is 23.9. The summed E-state index contributed by atoms with van der Waals surface area (Å²) in [6.07, 6.45) is 11.0. The van der Waals surface area contributed by atoms with Gasteiger partial charge in [0, 0.05) is 63.9 Å². The number of anilines is 1. The van der Waals surface area contributed by atoms with Crippen molar-refractivity contribution < 1.29 is 19.5 Å². The van der Waals surface area contributed by atoms with Gasteiger partial charge in [0.1, 0.15) is 0 Å². The van der Waals surface area contributed by atoms with E-state index in [9.17, 15) is 9.59 Å². The fourth-order valence-electron chi connectivity index (χ4n) is 7.16. The molecule has 3 aliphatic heterocycles. The quantitative estimate of drug-likeness (QED) is 0.315. The van der Waals surface area contributed by atoms with Gasteiger partial charge in [0.15, 0.2) is 0 Å². The lowest BCUT2D eigenvalue weighted by atomic mass is 9.91. The van der Waals surface area contributed by atoms with E-state index in [-0.39, 0.29) is 18.3 Å². The van der Waals surface area contributed by atoms with Crippen LogP contribution in [-0.4, -0.2) is 57.9 Å². The summed E-state index contributed by atoms with van der Waals surface area (Å²) >= 11 is 8.35. The van der Waals surface area contributed by atoms with E-state index in [0.717, 1.165) is 51.6 Å². The number of nitrogens with zero attached hydrogens (tertiary/aromatic N) is 3. The summed E-state index contributed by atoms with van der Waals surface area (Å²) in [5.41, 5.74) is 6.22. The number of amides is 2. The van der Waals surface area contributed by atoms with Crippen LogP contribution in [0, 0.1) is 0 Å². The monoisotopic (exact) mass is 580 g/mol. The van der Waals surface area contributed by atoms with Crippen molar-refractivity contribution >= 4 is 57.1 Å². The highest BCUT2D eigenvalue weighted by molar-refractivity contribution is 7.19. The largest absolute Gasteiger partial charge is 0.483 e. The van der Waals surface area contributed by atoms with Crippen LogP contribution < -0.4 is 10.2 Å². The second kappa shape index (κ2) is 11.1. The Balaban J connectivity index is 0.000000925. The molecule has 10 heteroatoms. The molecule has 7 rings (SSSR count). The smallest absolute Gasteiger partial charge is 0.290 e. The third-order valence-corrected chi connectivity index (χ3v) is 10.2. The van der Waals surface area contributed by atoms with Crippen LogP contribution in [0.2, 0.25) is 5.02 Å². The van der Waals surface area contributed by atoms with Crippen molar-refractivity contribution in [1.82, 2.24) is 15.2 Å². The van der Waals surface area contributed by atoms with Crippen LogP contribution >= 0.6 is 22.9 Å². The lowest BCUT2D eigenvalue weighted by molar-refractivity contribution is -0.139. The molecule has 2 amide bonds. The molecule has 0 unspecified atom stereocenters. The van der Waals surface area contributed by atoms with E-state index in [4.69, 9.17) is 21.5 Å². The fourth-order valence-corrected chi connectivity index (χ4v) is 8.53. The molecule has 8 nitrogen and oxygen atoms in total. The molecule has 1 spiro atoms. The average Bonchev–Trinajstić information content (AvgIpc) is 3.74. The number of hydrogen-bond acceptors (Lipinski definition) is 7. The van der Waals surface area contributed by atoms with E-state index in [1.807, 2.05) is 12.3 Å². The van der Waals surface area contributed by atoms with Crippen molar-refractivity contribution in [2.75, 3.05) is 18.0 Å². The first-order chi connectivity index (χ1) is 19.4. The van der Waals surface area contributed by atoms with Gasteiger partial charge in [0.05, 0.1) is 16.8 Å². The lowest BCUT2D eigenvalue weighted by Gasteiger charge is -2.39. The molecule has 40 heavy (non-hydrogen) atoms. The molecule has 0 bridgehead atoms. The maximum absolute atomic E-state index is 12.2. The van der Waals surface area contributed by atoms with Gasteiger partial charge in [-0.1, -0.05) is 11.6 Å². The third kappa shape index (κ3) is 4.99. The van der Waals surface area contributed by atoms with E-state index < -0.39 is 0 Å². The Morgan fingerprint density at radius 2 is 1.93 bits per heavy atom. The molecule has 1 aromatic carbocycles. The number of aromatic nitrogens is 1. The molecular weight excluding hydrogens is 548 g/mol. The van der Waals surface area contributed by atoms with E-state index in [1.54, 1.807) is 11.3 Å². The Hall–Kier alpha value is -3.01. The minimum atomic E-state index is -0.250. The van der Waals surface area contributed by atoms with Crippen molar-refractivity contribution in [1.29, 1.82) is 0 Å². The van der Waals surface area contributed by atoms with Gasteiger partial charge in [-0.05, 0) is 81.3 Å².